The molecule has 4 aromatic rings. The maximum Gasteiger partial charge on any atom is 0.338 e. The standard InChI is InChI=1S/C29H27N3O7S2/c1-3-39-28(35)21-10-13-24-25(16-21)40-29(32(24)18-26(33)38-2)30-27(34)20-8-11-23(12-9-20)41(36,37)31-15-14-19-6-4-5-7-22(19)17-31/h4-13,16H,3,14-15,17-18H2,1-2H3. The summed E-state index contributed by atoms with van der Waals surface area (Å²) in [6, 6.07) is 18.3. The normalized spacial score (nSPS) is 14.0. The number of rotatable bonds is 7. The van der Waals surface area contributed by atoms with Crippen LogP contribution < -0.4 is 4.80 Å². The molecule has 1 aliphatic heterocycles. The van der Waals surface area contributed by atoms with Crippen LogP contribution >= 0.6 is 11.3 Å². The summed E-state index contributed by atoms with van der Waals surface area (Å²) in [6.07, 6.45) is 0.632. The molecule has 0 N–H and O–H groups in total. The Morgan fingerprint density at radius 1 is 0.976 bits per heavy atom. The van der Waals surface area contributed by atoms with Gasteiger partial charge in [0, 0.05) is 18.7 Å². The van der Waals surface area contributed by atoms with E-state index < -0.39 is 27.9 Å². The number of thiazole rings is 1. The molecular formula is C29H27N3O7S2. The van der Waals surface area contributed by atoms with Crippen molar-refractivity contribution in [3.05, 3.63) is 93.8 Å². The minimum Gasteiger partial charge on any atom is -0.468 e. The Kier molecular flexibility index (Phi) is 8.15. The number of ether oxygens (including phenoxy) is 2. The van der Waals surface area contributed by atoms with Crippen LogP contribution in [0.5, 0.6) is 0 Å². The van der Waals surface area contributed by atoms with Gasteiger partial charge in [-0.3, -0.25) is 9.59 Å². The number of amides is 1. The molecule has 10 nitrogen and oxygen atoms in total. The first kappa shape index (κ1) is 28.4. The number of fused-ring (bicyclic) bond motifs is 2. The third kappa shape index (κ3) is 5.85. The molecule has 0 fully saturated rings. The average Bonchev–Trinajstić information content (AvgIpc) is 3.32. The van der Waals surface area contributed by atoms with E-state index in [1.807, 2.05) is 24.3 Å². The van der Waals surface area contributed by atoms with Crippen molar-refractivity contribution in [1.82, 2.24) is 8.87 Å². The van der Waals surface area contributed by atoms with Gasteiger partial charge in [0.05, 0.1) is 34.4 Å². The molecule has 0 spiro atoms. The fraction of sp³-hybridized carbons (Fsp3) is 0.241. The van der Waals surface area contributed by atoms with Gasteiger partial charge in [-0.2, -0.15) is 9.30 Å². The molecule has 0 unspecified atom stereocenters. The minimum atomic E-state index is -3.76. The van der Waals surface area contributed by atoms with Gasteiger partial charge in [-0.05, 0) is 66.9 Å². The van der Waals surface area contributed by atoms with Gasteiger partial charge in [-0.1, -0.05) is 35.6 Å². The van der Waals surface area contributed by atoms with Crippen LogP contribution in [0, 0.1) is 0 Å². The second-order valence-corrected chi connectivity index (χ2v) is 12.2. The van der Waals surface area contributed by atoms with Crippen molar-refractivity contribution in [2.75, 3.05) is 20.3 Å². The highest BCUT2D eigenvalue weighted by molar-refractivity contribution is 7.89. The van der Waals surface area contributed by atoms with Crippen LogP contribution in [0.4, 0.5) is 0 Å². The number of nitrogens with zero attached hydrogens (tertiary/aromatic N) is 3. The molecular weight excluding hydrogens is 566 g/mol. The maximum atomic E-state index is 13.3. The lowest BCUT2D eigenvalue weighted by atomic mass is 10.0. The monoisotopic (exact) mass is 593 g/mol. The van der Waals surface area contributed by atoms with E-state index in [-0.39, 0.29) is 28.4 Å². The van der Waals surface area contributed by atoms with E-state index in [0.29, 0.717) is 35.3 Å². The molecule has 2 heterocycles. The van der Waals surface area contributed by atoms with Crippen LogP contribution in [0.3, 0.4) is 0 Å². The fourth-order valence-corrected chi connectivity index (χ4v) is 7.08. The Morgan fingerprint density at radius 2 is 1.68 bits per heavy atom. The zero-order valence-corrected chi connectivity index (χ0v) is 24.0. The van der Waals surface area contributed by atoms with E-state index in [1.54, 1.807) is 25.1 Å². The quantitative estimate of drug-likeness (QED) is 0.300. The number of esters is 2. The van der Waals surface area contributed by atoms with Crippen molar-refractivity contribution in [2.24, 2.45) is 4.99 Å². The first-order valence-corrected chi connectivity index (χ1v) is 15.1. The molecule has 5 rings (SSSR count). The summed E-state index contributed by atoms with van der Waals surface area (Å²) >= 11 is 1.13. The van der Waals surface area contributed by atoms with E-state index >= 15 is 0 Å². The van der Waals surface area contributed by atoms with Gasteiger partial charge in [-0.15, -0.1) is 0 Å². The summed E-state index contributed by atoms with van der Waals surface area (Å²) in [7, 11) is -2.50. The molecule has 0 saturated carbocycles. The summed E-state index contributed by atoms with van der Waals surface area (Å²) in [6.45, 7) is 2.41. The zero-order chi connectivity index (χ0) is 29.1. The van der Waals surface area contributed by atoms with Crippen LogP contribution in [-0.4, -0.2) is 55.4 Å². The maximum absolute atomic E-state index is 13.3. The summed E-state index contributed by atoms with van der Waals surface area (Å²) in [5.74, 6) is -1.64. The number of benzene rings is 3. The van der Waals surface area contributed by atoms with Crippen LogP contribution in [0.1, 0.15) is 38.8 Å². The van der Waals surface area contributed by atoms with Crippen molar-refractivity contribution >= 4 is 49.4 Å². The second-order valence-electron chi connectivity index (χ2n) is 9.25. The fourth-order valence-electron chi connectivity index (χ4n) is 4.59. The molecule has 3 aromatic carbocycles. The molecule has 12 heteroatoms. The summed E-state index contributed by atoms with van der Waals surface area (Å²) in [5.41, 5.74) is 3.22. The first-order chi connectivity index (χ1) is 19.7. The largest absolute Gasteiger partial charge is 0.468 e. The van der Waals surface area contributed by atoms with Gasteiger partial charge in [0.2, 0.25) is 10.0 Å². The van der Waals surface area contributed by atoms with Crippen LogP contribution in [0.15, 0.2) is 76.6 Å². The number of hydrogen-bond donors (Lipinski definition) is 0. The van der Waals surface area contributed by atoms with Gasteiger partial charge in [0.15, 0.2) is 4.80 Å². The Hall–Kier alpha value is -4.13. The molecule has 212 valence electrons. The predicted molar refractivity (Wildman–Crippen MR) is 152 cm³/mol. The van der Waals surface area contributed by atoms with Crippen LogP contribution in [-0.2, 0) is 43.8 Å². The third-order valence-electron chi connectivity index (χ3n) is 6.74. The number of carbonyl (C=O) groups is 3. The molecule has 0 bridgehead atoms. The van der Waals surface area contributed by atoms with Crippen molar-refractivity contribution in [1.29, 1.82) is 0 Å². The molecule has 0 atom stereocenters. The smallest absolute Gasteiger partial charge is 0.338 e. The number of methoxy groups -OCH3 is 1. The van der Waals surface area contributed by atoms with E-state index in [0.717, 1.165) is 22.5 Å². The highest BCUT2D eigenvalue weighted by Gasteiger charge is 2.28. The van der Waals surface area contributed by atoms with E-state index in [1.165, 1.54) is 40.2 Å². The number of hydrogen-bond acceptors (Lipinski definition) is 8. The lowest BCUT2D eigenvalue weighted by Gasteiger charge is -2.28. The average molecular weight is 594 g/mol. The van der Waals surface area contributed by atoms with Gasteiger partial charge in [0.25, 0.3) is 5.91 Å². The molecule has 1 amide bonds. The summed E-state index contributed by atoms with van der Waals surface area (Å²) in [4.78, 5) is 42.0. The van der Waals surface area contributed by atoms with Crippen LogP contribution in [0.2, 0.25) is 0 Å². The molecule has 1 aromatic heterocycles. The number of aromatic nitrogens is 1. The highest BCUT2D eigenvalue weighted by atomic mass is 32.2. The SMILES string of the molecule is CCOC(=O)c1ccc2c(c1)sc(=NC(=O)c1ccc(S(=O)(=O)N3CCc4ccccc4C3)cc1)n2CC(=O)OC. The molecule has 1 aliphatic rings. The summed E-state index contributed by atoms with van der Waals surface area (Å²) < 4.78 is 40.1. The Labute approximate surface area is 240 Å². The summed E-state index contributed by atoms with van der Waals surface area (Å²) in [5, 5.41) is 0. The lowest BCUT2D eigenvalue weighted by molar-refractivity contribution is -0.141. The zero-order valence-electron chi connectivity index (χ0n) is 22.4. The predicted octanol–water partition coefficient (Wildman–Crippen LogP) is 3.54. The van der Waals surface area contributed by atoms with E-state index in [4.69, 9.17) is 9.47 Å². The third-order valence-corrected chi connectivity index (χ3v) is 9.64. The lowest BCUT2D eigenvalue weighted by Crippen LogP contribution is -2.35. The van der Waals surface area contributed by atoms with Gasteiger partial charge in [-0.25, -0.2) is 13.2 Å². The molecule has 41 heavy (non-hydrogen) atoms. The van der Waals surface area contributed by atoms with E-state index in [9.17, 15) is 22.8 Å². The molecule has 0 aliphatic carbocycles. The van der Waals surface area contributed by atoms with Crippen molar-refractivity contribution in [2.45, 2.75) is 31.3 Å². The molecule has 0 saturated heterocycles. The minimum absolute atomic E-state index is 0.0857. The second kappa shape index (κ2) is 11.8. The number of carbonyl (C=O) groups excluding carboxylic acids is 3. The van der Waals surface area contributed by atoms with Crippen LogP contribution in [0.25, 0.3) is 10.2 Å². The Balaban J connectivity index is 1.44. The van der Waals surface area contributed by atoms with Gasteiger partial charge >= 0.3 is 11.9 Å². The van der Waals surface area contributed by atoms with Crippen molar-refractivity contribution < 1.29 is 32.3 Å². The van der Waals surface area contributed by atoms with Crippen molar-refractivity contribution in [3.8, 4) is 0 Å². The first-order valence-electron chi connectivity index (χ1n) is 12.8. The Bertz CT molecular complexity index is 1820. The van der Waals surface area contributed by atoms with E-state index in [2.05, 4.69) is 4.99 Å². The molecule has 0 radical (unpaired) electrons. The van der Waals surface area contributed by atoms with Gasteiger partial charge < -0.3 is 14.0 Å². The Morgan fingerprint density at radius 3 is 2.39 bits per heavy atom. The topological polar surface area (TPSA) is 124 Å². The van der Waals surface area contributed by atoms with Gasteiger partial charge in [0.1, 0.15) is 6.54 Å². The van der Waals surface area contributed by atoms with Crippen molar-refractivity contribution in [3.63, 3.8) is 0 Å². The number of sulfonamides is 1. The highest BCUT2D eigenvalue weighted by Crippen LogP contribution is 2.25.